The Morgan fingerprint density at radius 2 is 1.57 bits per heavy atom. The summed E-state index contributed by atoms with van der Waals surface area (Å²) in [5, 5.41) is 18.8. The first kappa shape index (κ1) is 14.8. The van der Waals surface area contributed by atoms with Gasteiger partial charge >= 0.3 is 0 Å². The number of unbranched alkanes of at least 4 members (excludes halogenated alkanes) is 1. The summed E-state index contributed by atoms with van der Waals surface area (Å²) in [6.45, 7) is 0.186. The van der Waals surface area contributed by atoms with Crippen LogP contribution in [0.5, 0.6) is 11.8 Å². The highest BCUT2D eigenvalue weighted by atomic mass is 16.3. The van der Waals surface area contributed by atoms with E-state index in [9.17, 15) is 24.6 Å². The lowest BCUT2D eigenvalue weighted by molar-refractivity contribution is -0.136. The highest BCUT2D eigenvalue weighted by Gasteiger charge is 2.22. The molecule has 112 valence electrons. The first-order valence-electron chi connectivity index (χ1n) is 6.61. The number of aromatic hydroxyl groups is 2. The van der Waals surface area contributed by atoms with Gasteiger partial charge in [0.1, 0.15) is 0 Å². The predicted octanol–water partition coefficient (Wildman–Crippen LogP) is 0.564. The van der Waals surface area contributed by atoms with Gasteiger partial charge in [-0.3, -0.25) is 23.9 Å². The standard InChI is InChI=1S/C14H16N2O5/c17-10(9-16-13(20)6-7-14(16)21)3-1-2-8-15-11(18)4-5-12(15)19/h4-7,20-21H,1-3,8-9H2. The Labute approximate surface area is 121 Å². The number of hydrogen-bond acceptors (Lipinski definition) is 5. The Kier molecular flexibility index (Phi) is 4.42. The van der Waals surface area contributed by atoms with Crippen LogP contribution in [0.15, 0.2) is 24.3 Å². The summed E-state index contributed by atoms with van der Waals surface area (Å²) >= 11 is 0. The molecular weight excluding hydrogens is 276 g/mol. The second-order valence-corrected chi connectivity index (χ2v) is 4.79. The summed E-state index contributed by atoms with van der Waals surface area (Å²) in [6, 6.07) is 2.61. The van der Waals surface area contributed by atoms with Crippen LogP contribution in [0.4, 0.5) is 0 Å². The van der Waals surface area contributed by atoms with E-state index in [2.05, 4.69) is 0 Å². The molecule has 1 aromatic rings. The predicted molar refractivity (Wildman–Crippen MR) is 72.5 cm³/mol. The van der Waals surface area contributed by atoms with Crippen molar-refractivity contribution in [1.82, 2.24) is 9.47 Å². The van der Waals surface area contributed by atoms with E-state index >= 15 is 0 Å². The van der Waals surface area contributed by atoms with Crippen LogP contribution in [0.1, 0.15) is 19.3 Å². The van der Waals surface area contributed by atoms with Gasteiger partial charge in [0.05, 0.1) is 6.54 Å². The first-order chi connectivity index (χ1) is 9.99. The van der Waals surface area contributed by atoms with Crippen molar-refractivity contribution in [3.05, 3.63) is 24.3 Å². The molecular formula is C14H16N2O5. The lowest BCUT2D eigenvalue weighted by Crippen LogP contribution is -2.30. The molecule has 0 fully saturated rings. The van der Waals surface area contributed by atoms with Gasteiger partial charge < -0.3 is 10.2 Å². The van der Waals surface area contributed by atoms with E-state index < -0.39 is 0 Å². The van der Waals surface area contributed by atoms with Crippen molar-refractivity contribution >= 4 is 17.6 Å². The summed E-state index contributed by atoms with van der Waals surface area (Å²) in [6.07, 6.45) is 3.77. The molecule has 0 saturated carbocycles. The number of carbonyl (C=O) groups is 3. The molecule has 0 aliphatic carbocycles. The van der Waals surface area contributed by atoms with Crippen molar-refractivity contribution in [3.63, 3.8) is 0 Å². The molecule has 1 aromatic heterocycles. The molecule has 0 atom stereocenters. The summed E-state index contributed by atoms with van der Waals surface area (Å²) in [5.41, 5.74) is 0. The molecule has 0 bridgehead atoms. The third kappa shape index (κ3) is 3.50. The monoisotopic (exact) mass is 292 g/mol. The maximum atomic E-state index is 11.7. The Balaban J connectivity index is 1.71. The number of ketones is 1. The molecule has 2 amide bonds. The first-order valence-corrected chi connectivity index (χ1v) is 6.61. The smallest absolute Gasteiger partial charge is 0.253 e. The molecule has 0 radical (unpaired) electrons. The highest BCUT2D eigenvalue weighted by Crippen LogP contribution is 2.21. The van der Waals surface area contributed by atoms with E-state index in [0.717, 1.165) is 9.47 Å². The maximum absolute atomic E-state index is 11.7. The molecule has 7 nitrogen and oxygen atoms in total. The van der Waals surface area contributed by atoms with Crippen LogP contribution in [0, 0.1) is 0 Å². The summed E-state index contributed by atoms with van der Waals surface area (Å²) < 4.78 is 1.11. The lowest BCUT2D eigenvalue weighted by atomic mass is 10.1. The van der Waals surface area contributed by atoms with Crippen LogP contribution in [0.2, 0.25) is 0 Å². The van der Waals surface area contributed by atoms with Crippen LogP contribution in [0.3, 0.4) is 0 Å². The van der Waals surface area contributed by atoms with Crippen molar-refractivity contribution in [3.8, 4) is 11.8 Å². The highest BCUT2D eigenvalue weighted by molar-refractivity contribution is 6.12. The average Bonchev–Trinajstić information content (AvgIpc) is 2.92. The number of rotatable bonds is 7. The second kappa shape index (κ2) is 6.25. The van der Waals surface area contributed by atoms with Gasteiger partial charge in [-0.25, -0.2) is 0 Å². The number of amides is 2. The number of Topliss-reactive ketones (excluding diaryl/α,β-unsaturated/α-hetero) is 1. The maximum Gasteiger partial charge on any atom is 0.253 e. The largest absolute Gasteiger partial charge is 0.494 e. The van der Waals surface area contributed by atoms with E-state index in [4.69, 9.17) is 0 Å². The van der Waals surface area contributed by atoms with Crippen molar-refractivity contribution in [2.75, 3.05) is 6.54 Å². The average molecular weight is 292 g/mol. The van der Waals surface area contributed by atoms with Crippen LogP contribution in [-0.2, 0) is 20.9 Å². The molecule has 0 spiro atoms. The zero-order valence-corrected chi connectivity index (χ0v) is 11.4. The van der Waals surface area contributed by atoms with Crippen molar-refractivity contribution in [1.29, 1.82) is 0 Å². The number of imide groups is 1. The van der Waals surface area contributed by atoms with E-state index in [1.807, 2.05) is 0 Å². The fourth-order valence-corrected chi connectivity index (χ4v) is 2.11. The van der Waals surface area contributed by atoms with Crippen LogP contribution < -0.4 is 0 Å². The Morgan fingerprint density at radius 3 is 2.14 bits per heavy atom. The van der Waals surface area contributed by atoms with E-state index in [1.54, 1.807) is 0 Å². The molecule has 21 heavy (non-hydrogen) atoms. The zero-order chi connectivity index (χ0) is 15.4. The van der Waals surface area contributed by atoms with Gasteiger partial charge in [-0.1, -0.05) is 0 Å². The minimum absolute atomic E-state index is 0.103. The minimum Gasteiger partial charge on any atom is -0.494 e. The van der Waals surface area contributed by atoms with Gasteiger partial charge in [-0.2, -0.15) is 0 Å². The van der Waals surface area contributed by atoms with E-state index in [0.29, 0.717) is 12.8 Å². The molecule has 0 aromatic carbocycles. The van der Waals surface area contributed by atoms with Crippen molar-refractivity contribution in [2.45, 2.75) is 25.8 Å². The number of carbonyl (C=O) groups excluding carboxylic acids is 3. The molecule has 2 N–H and O–H groups in total. The molecule has 1 aliphatic heterocycles. The van der Waals surface area contributed by atoms with Gasteiger partial charge in [0.15, 0.2) is 17.5 Å². The number of nitrogens with zero attached hydrogens (tertiary/aromatic N) is 2. The van der Waals surface area contributed by atoms with Gasteiger partial charge in [-0.15, -0.1) is 0 Å². The van der Waals surface area contributed by atoms with Crippen LogP contribution >= 0.6 is 0 Å². The SMILES string of the molecule is O=C(CCCCN1C(=O)C=CC1=O)Cn1c(O)ccc1O. The van der Waals surface area contributed by atoms with E-state index in [1.165, 1.54) is 24.3 Å². The molecule has 2 heterocycles. The van der Waals surface area contributed by atoms with Gasteiger partial charge in [0, 0.05) is 37.3 Å². The fourth-order valence-electron chi connectivity index (χ4n) is 2.11. The van der Waals surface area contributed by atoms with Crippen molar-refractivity contribution < 1.29 is 24.6 Å². The summed E-state index contributed by atoms with van der Waals surface area (Å²) in [5.74, 6) is -1.13. The van der Waals surface area contributed by atoms with Crippen LogP contribution in [0.25, 0.3) is 0 Å². The Hall–Kier alpha value is -2.57. The number of aromatic nitrogens is 1. The Morgan fingerprint density at radius 1 is 1.00 bits per heavy atom. The fraction of sp³-hybridized carbons (Fsp3) is 0.357. The summed E-state index contributed by atoms with van der Waals surface area (Å²) in [7, 11) is 0. The van der Waals surface area contributed by atoms with Gasteiger partial charge in [0.2, 0.25) is 0 Å². The van der Waals surface area contributed by atoms with E-state index in [-0.39, 0.29) is 48.9 Å². The third-order valence-corrected chi connectivity index (χ3v) is 3.26. The third-order valence-electron chi connectivity index (χ3n) is 3.26. The van der Waals surface area contributed by atoms with Gasteiger partial charge in [-0.05, 0) is 12.8 Å². The molecule has 2 rings (SSSR count). The van der Waals surface area contributed by atoms with Crippen LogP contribution in [-0.4, -0.2) is 43.8 Å². The number of hydrogen-bond donors (Lipinski definition) is 2. The molecule has 0 unspecified atom stereocenters. The minimum atomic E-state index is -0.325. The normalized spacial score (nSPS) is 14.2. The molecule has 1 aliphatic rings. The van der Waals surface area contributed by atoms with Gasteiger partial charge in [0.25, 0.3) is 11.8 Å². The molecule has 0 saturated heterocycles. The lowest BCUT2D eigenvalue weighted by Gasteiger charge is -2.13. The quantitative estimate of drug-likeness (QED) is 0.565. The zero-order valence-electron chi connectivity index (χ0n) is 11.4. The summed E-state index contributed by atoms with van der Waals surface area (Å²) in [4.78, 5) is 35.5. The van der Waals surface area contributed by atoms with Crippen molar-refractivity contribution in [2.24, 2.45) is 0 Å². The Bertz CT molecular complexity index is 565. The second-order valence-electron chi connectivity index (χ2n) is 4.79. The topological polar surface area (TPSA) is 99.8 Å². The molecule has 7 heteroatoms.